The lowest BCUT2D eigenvalue weighted by Gasteiger charge is -2.25. The maximum Gasteiger partial charge on any atom is 0.0467 e. The van der Waals surface area contributed by atoms with Crippen molar-refractivity contribution in [2.75, 3.05) is 11.4 Å². The van der Waals surface area contributed by atoms with E-state index in [1.165, 1.54) is 11.3 Å². The van der Waals surface area contributed by atoms with Gasteiger partial charge in [-0.1, -0.05) is 51.8 Å². The van der Waals surface area contributed by atoms with Crippen LogP contribution in [0.4, 0.5) is 5.69 Å². The van der Waals surface area contributed by atoms with Gasteiger partial charge in [-0.05, 0) is 43.2 Å². The third-order valence-electron chi connectivity index (χ3n) is 3.21. The number of rotatable bonds is 4. The summed E-state index contributed by atoms with van der Waals surface area (Å²) in [5.41, 5.74) is 3.71. The molecule has 0 amide bonds. The van der Waals surface area contributed by atoms with E-state index in [0.717, 1.165) is 28.1 Å². The summed E-state index contributed by atoms with van der Waals surface area (Å²) in [6.07, 6.45) is 0. The molecule has 3 heteroatoms. The lowest BCUT2D eigenvalue weighted by Crippen LogP contribution is -2.22. The summed E-state index contributed by atoms with van der Waals surface area (Å²) in [7, 11) is 0. The van der Waals surface area contributed by atoms with Gasteiger partial charge in [-0.2, -0.15) is 0 Å². The van der Waals surface area contributed by atoms with Gasteiger partial charge in [-0.3, -0.25) is 0 Å². The third-order valence-corrected chi connectivity index (χ3v) is 4.06. The molecule has 0 aliphatic heterocycles. The van der Waals surface area contributed by atoms with E-state index in [1.807, 2.05) is 12.1 Å². The van der Waals surface area contributed by atoms with Crippen LogP contribution in [0.25, 0.3) is 0 Å². The maximum absolute atomic E-state index is 6.30. The first-order chi connectivity index (χ1) is 9.11. The van der Waals surface area contributed by atoms with Gasteiger partial charge in [0.05, 0.1) is 0 Å². The van der Waals surface area contributed by atoms with Crippen LogP contribution in [0, 0.1) is 6.92 Å². The Hall–Kier alpha value is -0.990. The predicted octanol–water partition coefficient (Wildman–Crippen LogP) is 5.44. The van der Waals surface area contributed by atoms with Crippen LogP contribution in [0.3, 0.4) is 0 Å². The molecular formula is C16H17BrClN. The molecule has 1 nitrogen and oxygen atoms in total. The first-order valence-electron chi connectivity index (χ1n) is 6.36. The van der Waals surface area contributed by atoms with Crippen molar-refractivity contribution in [2.24, 2.45) is 0 Å². The molecule has 19 heavy (non-hydrogen) atoms. The van der Waals surface area contributed by atoms with Gasteiger partial charge in [0.15, 0.2) is 0 Å². The average Bonchev–Trinajstić information content (AvgIpc) is 2.39. The van der Waals surface area contributed by atoms with Crippen molar-refractivity contribution in [1.29, 1.82) is 0 Å². The molecule has 100 valence electrons. The topological polar surface area (TPSA) is 3.24 Å². The van der Waals surface area contributed by atoms with Crippen molar-refractivity contribution >= 4 is 33.2 Å². The summed E-state index contributed by atoms with van der Waals surface area (Å²) in [5, 5.41) is 0.807. The molecule has 0 aliphatic carbocycles. The molecule has 0 aliphatic rings. The van der Waals surface area contributed by atoms with Gasteiger partial charge in [0.1, 0.15) is 0 Å². The highest BCUT2D eigenvalue weighted by molar-refractivity contribution is 9.10. The van der Waals surface area contributed by atoms with Gasteiger partial charge in [0, 0.05) is 28.3 Å². The summed E-state index contributed by atoms with van der Waals surface area (Å²) < 4.78 is 1.01. The second-order valence-corrected chi connectivity index (χ2v) is 5.86. The minimum atomic E-state index is 0.807. The highest BCUT2D eigenvalue weighted by atomic mass is 79.9. The van der Waals surface area contributed by atoms with Crippen molar-refractivity contribution in [3.05, 3.63) is 63.1 Å². The highest BCUT2D eigenvalue weighted by Gasteiger charge is 2.10. The van der Waals surface area contributed by atoms with Crippen LogP contribution in [0.2, 0.25) is 5.02 Å². The van der Waals surface area contributed by atoms with E-state index in [1.54, 1.807) is 0 Å². The summed E-state index contributed by atoms with van der Waals surface area (Å²) in [6, 6.07) is 14.5. The number of benzene rings is 2. The zero-order valence-electron chi connectivity index (χ0n) is 11.2. The van der Waals surface area contributed by atoms with Gasteiger partial charge in [-0.25, -0.2) is 0 Å². The molecule has 0 radical (unpaired) electrons. The number of anilines is 1. The van der Waals surface area contributed by atoms with Gasteiger partial charge in [-0.15, -0.1) is 0 Å². The molecule has 2 aromatic rings. The molecule has 0 bridgehead atoms. The monoisotopic (exact) mass is 337 g/mol. The fourth-order valence-corrected chi connectivity index (χ4v) is 2.87. The van der Waals surface area contributed by atoms with Crippen LogP contribution in [-0.4, -0.2) is 6.54 Å². The molecule has 2 aromatic carbocycles. The van der Waals surface area contributed by atoms with E-state index >= 15 is 0 Å². The van der Waals surface area contributed by atoms with Gasteiger partial charge in [0.25, 0.3) is 0 Å². The Kier molecular flexibility index (Phi) is 4.89. The molecule has 0 fully saturated rings. The van der Waals surface area contributed by atoms with Crippen molar-refractivity contribution < 1.29 is 0 Å². The molecule has 0 saturated carbocycles. The Balaban J connectivity index is 2.27. The second kappa shape index (κ2) is 6.44. The van der Waals surface area contributed by atoms with Crippen molar-refractivity contribution in [3.8, 4) is 0 Å². The summed E-state index contributed by atoms with van der Waals surface area (Å²) >= 11 is 9.74. The Morgan fingerprint density at radius 2 is 1.89 bits per heavy atom. The van der Waals surface area contributed by atoms with Gasteiger partial charge in [0.2, 0.25) is 0 Å². The van der Waals surface area contributed by atoms with Crippen molar-refractivity contribution in [1.82, 2.24) is 0 Å². The zero-order chi connectivity index (χ0) is 13.8. The second-order valence-electron chi connectivity index (χ2n) is 4.54. The van der Waals surface area contributed by atoms with Crippen molar-refractivity contribution in [2.45, 2.75) is 20.4 Å². The number of hydrogen-bond acceptors (Lipinski definition) is 1. The molecule has 2 rings (SSSR count). The SMILES string of the molecule is CCN(Cc1ccc(Br)cc1Cl)c1ccccc1C. The summed E-state index contributed by atoms with van der Waals surface area (Å²) in [4.78, 5) is 2.34. The normalized spacial score (nSPS) is 10.5. The minimum absolute atomic E-state index is 0.807. The molecule has 0 spiro atoms. The minimum Gasteiger partial charge on any atom is -0.367 e. The maximum atomic E-state index is 6.30. The number of hydrogen-bond donors (Lipinski definition) is 0. The summed E-state index contributed by atoms with van der Waals surface area (Å²) in [5.74, 6) is 0. The smallest absolute Gasteiger partial charge is 0.0467 e. The summed E-state index contributed by atoms with van der Waals surface area (Å²) in [6.45, 7) is 6.09. The van der Waals surface area contributed by atoms with E-state index in [0.29, 0.717) is 0 Å². The van der Waals surface area contributed by atoms with Crippen LogP contribution < -0.4 is 4.90 Å². The molecular weight excluding hydrogens is 322 g/mol. The van der Waals surface area contributed by atoms with Crippen LogP contribution in [0.15, 0.2) is 46.9 Å². The van der Waals surface area contributed by atoms with Crippen LogP contribution in [0.1, 0.15) is 18.1 Å². The highest BCUT2D eigenvalue weighted by Crippen LogP contribution is 2.26. The fourth-order valence-electron chi connectivity index (χ4n) is 2.14. The number of aryl methyl sites for hydroxylation is 1. The average molecular weight is 339 g/mol. The number of para-hydroxylation sites is 1. The third kappa shape index (κ3) is 3.52. The Morgan fingerprint density at radius 3 is 2.53 bits per heavy atom. The predicted molar refractivity (Wildman–Crippen MR) is 87.1 cm³/mol. The molecule has 0 aromatic heterocycles. The van der Waals surface area contributed by atoms with E-state index in [2.05, 4.69) is 65.0 Å². The van der Waals surface area contributed by atoms with E-state index in [9.17, 15) is 0 Å². The number of nitrogens with zero attached hydrogens (tertiary/aromatic N) is 1. The Bertz CT molecular complexity index is 568. The van der Waals surface area contributed by atoms with Crippen LogP contribution in [0.5, 0.6) is 0 Å². The fraction of sp³-hybridized carbons (Fsp3) is 0.250. The Morgan fingerprint density at radius 1 is 1.16 bits per heavy atom. The Labute approximate surface area is 128 Å². The first kappa shape index (κ1) is 14.4. The number of halogens is 2. The first-order valence-corrected chi connectivity index (χ1v) is 7.53. The lowest BCUT2D eigenvalue weighted by molar-refractivity contribution is 0.828. The molecule has 0 saturated heterocycles. The standard InChI is InChI=1S/C16H17BrClN/c1-3-19(16-7-5-4-6-12(16)2)11-13-8-9-14(17)10-15(13)18/h4-10H,3,11H2,1-2H3. The molecule has 0 N–H and O–H groups in total. The lowest BCUT2D eigenvalue weighted by atomic mass is 10.1. The zero-order valence-corrected chi connectivity index (χ0v) is 13.5. The van der Waals surface area contributed by atoms with Gasteiger partial charge >= 0.3 is 0 Å². The van der Waals surface area contributed by atoms with Gasteiger partial charge < -0.3 is 4.90 Å². The van der Waals surface area contributed by atoms with E-state index in [-0.39, 0.29) is 0 Å². The molecule has 0 heterocycles. The quantitative estimate of drug-likeness (QED) is 0.717. The van der Waals surface area contributed by atoms with Crippen LogP contribution in [-0.2, 0) is 6.54 Å². The van der Waals surface area contributed by atoms with E-state index < -0.39 is 0 Å². The largest absolute Gasteiger partial charge is 0.367 e. The van der Waals surface area contributed by atoms with E-state index in [4.69, 9.17) is 11.6 Å². The molecule has 0 unspecified atom stereocenters. The van der Waals surface area contributed by atoms with Crippen molar-refractivity contribution in [3.63, 3.8) is 0 Å². The molecule has 0 atom stereocenters. The van der Waals surface area contributed by atoms with Crippen LogP contribution >= 0.6 is 27.5 Å².